The van der Waals surface area contributed by atoms with Gasteiger partial charge in [0.2, 0.25) is 5.89 Å². The SMILES string of the molecule is Cc1noc(CCNC(C)c2ccc(Cl)cc2Cl)n1. The molecule has 1 N–H and O–H groups in total. The smallest absolute Gasteiger partial charge is 0.227 e. The van der Waals surface area contributed by atoms with Gasteiger partial charge in [-0.2, -0.15) is 4.98 Å². The molecule has 1 aromatic carbocycles. The summed E-state index contributed by atoms with van der Waals surface area (Å²) < 4.78 is 5.05. The Hall–Kier alpha value is -1.10. The lowest BCUT2D eigenvalue weighted by Gasteiger charge is -2.15. The summed E-state index contributed by atoms with van der Waals surface area (Å²) in [4.78, 5) is 4.15. The average molecular weight is 300 g/mol. The number of halogens is 2. The maximum Gasteiger partial charge on any atom is 0.227 e. The largest absolute Gasteiger partial charge is 0.339 e. The summed E-state index contributed by atoms with van der Waals surface area (Å²) in [6, 6.07) is 5.65. The first kappa shape index (κ1) is 14.3. The molecule has 102 valence electrons. The molecule has 0 aliphatic heterocycles. The molecule has 0 amide bonds. The van der Waals surface area contributed by atoms with E-state index in [1.165, 1.54) is 0 Å². The van der Waals surface area contributed by atoms with Crippen LogP contribution < -0.4 is 5.32 Å². The molecule has 0 radical (unpaired) electrons. The summed E-state index contributed by atoms with van der Waals surface area (Å²) in [5, 5.41) is 8.42. The van der Waals surface area contributed by atoms with Crippen molar-refractivity contribution in [2.24, 2.45) is 0 Å². The van der Waals surface area contributed by atoms with Gasteiger partial charge in [-0.3, -0.25) is 0 Å². The lowest BCUT2D eigenvalue weighted by molar-refractivity contribution is 0.370. The van der Waals surface area contributed by atoms with Gasteiger partial charge in [0.15, 0.2) is 5.82 Å². The minimum Gasteiger partial charge on any atom is -0.339 e. The van der Waals surface area contributed by atoms with Gasteiger partial charge in [0, 0.05) is 29.1 Å². The molecule has 0 bridgehead atoms. The first-order valence-corrected chi connectivity index (χ1v) is 6.79. The van der Waals surface area contributed by atoms with Crippen LogP contribution in [0.25, 0.3) is 0 Å². The number of aryl methyl sites for hydroxylation is 1. The van der Waals surface area contributed by atoms with E-state index >= 15 is 0 Å². The summed E-state index contributed by atoms with van der Waals surface area (Å²) in [7, 11) is 0. The fourth-order valence-electron chi connectivity index (χ4n) is 1.80. The van der Waals surface area contributed by atoms with Crippen LogP contribution in [0.1, 0.15) is 30.2 Å². The van der Waals surface area contributed by atoms with Gasteiger partial charge < -0.3 is 9.84 Å². The highest BCUT2D eigenvalue weighted by Gasteiger charge is 2.10. The van der Waals surface area contributed by atoms with Crippen molar-refractivity contribution in [3.05, 3.63) is 45.5 Å². The molecule has 0 aliphatic carbocycles. The van der Waals surface area contributed by atoms with Crippen LogP contribution in [0, 0.1) is 6.92 Å². The zero-order valence-electron chi connectivity index (χ0n) is 10.8. The van der Waals surface area contributed by atoms with Gasteiger partial charge in [0.05, 0.1) is 0 Å². The second-order valence-electron chi connectivity index (χ2n) is 4.33. The van der Waals surface area contributed by atoms with Crippen LogP contribution in [0.3, 0.4) is 0 Å². The lowest BCUT2D eigenvalue weighted by atomic mass is 10.1. The summed E-state index contributed by atoms with van der Waals surface area (Å²) >= 11 is 12.0. The number of hydrogen-bond acceptors (Lipinski definition) is 4. The van der Waals surface area contributed by atoms with Crippen LogP contribution in [-0.4, -0.2) is 16.7 Å². The zero-order valence-corrected chi connectivity index (χ0v) is 12.3. The third kappa shape index (κ3) is 3.93. The molecule has 0 saturated heterocycles. The summed E-state index contributed by atoms with van der Waals surface area (Å²) in [6.45, 7) is 4.59. The number of hydrogen-bond donors (Lipinski definition) is 1. The molecule has 0 fully saturated rings. The van der Waals surface area contributed by atoms with E-state index in [0.717, 1.165) is 12.1 Å². The Bertz CT molecular complexity index is 557. The van der Waals surface area contributed by atoms with Gasteiger partial charge in [-0.05, 0) is 31.5 Å². The third-order valence-electron chi connectivity index (χ3n) is 2.79. The Balaban J connectivity index is 1.88. The van der Waals surface area contributed by atoms with Gasteiger partial charge in [0.1, 0.15) is 0 Å². The van der Waals surface area contributed by atoms with E-state index in [9.17, 15) is 0 Å². The quantitative estimate of drug-likeness (QED) is 0.917. The Morgan fingerprint density at radius 1 is 1.37 bits per heavy atom. The number of nitrogens with zero attached hydrogens (tertiary/aromatic N) is 2. The molecule has 2 aromatic rings. The van der Waals surface area contributed by atoms with Gasteiger partial charge in [0.25, 0.3) is 0 Å². The molecular formula is C13H15Cl2N3O. The van der Waals surface area contributed by atoms with Crippen molar-refractivity contribution in [2.75, 3.05) is 6.54 Å². The van der Waals surface area contributed by atoms with E-state index in [2.05, 4.69) is 15.5 Å². The fraction of sp³-hybridized carbons (Fsp3) is 0.385. The molecule has 0 aliphatic rings. The van der Waals surface area contributed by atoms with Crippen molar-refractivity contribution in [1.82, 2.24) is 15.5 Å². The van der Waals surface area contributed by atoms with Gasteiger partial charge in [-0.15, -0.1) is 0 Å². The number of aromatic nitrogens is 2. The number of rotatable bonds is 5. The second-order valence-corrected chi connectivity index (χ2v) is 5.17. The standard InChI is InChI=1S/C13H15Cl2N3O/c1-8(11-4-3-10(14)7-12(11)15)16-6-5-13-17-9(2)18-19-13/h3-4,7-8,16H,5-6H2,1-2H3. The highest BCUT2D eigenvalue weighted by Crippen LogP contribution is 2.25. The normalized spacial score (nSPS) is 12.6. The molecule has 4 nitrogen and oxygen atoms in total. The van der Waals surface area contributed by atoms with Crippen LogP contribution in [0.4, 0.5) is 0 Å². The second kappa shape index (κ2) is 6.37. The highest BCUT2D eigenvalue weighted by atomic mass is 35.5. The minimum absolute atomic E-state index is 0.133. The molecule has 1 unspecified atom stereocenters. The molecule has 1 heterocycles. The van der Waals surface area contributed by atoms with Crippen LogP contribution >= 0.6 is 23.2 Å². The van der Waals surface area contributed by atoms with Crippen LogP contribution in [-0.2, 0) is 6.42 Å². The summed E-state index contributed by atoms with van der Waals surface area (Å²) in [6.07, 6.45) is 0.691. The Morgan fingerprint density at radius 3 is 2.79 bits per heavy atom. The van der Waals surface area contributed by atoms with E-state index in [4.69, 9.17) is 27.7 Å². The average Bonchev–Trinajstić information content (AvgIpc) is 2.75. The highest BCUT2D eigenvalue weighted by molar-refractivity contribution is 6.35. The predicted octanol–water partition coefficient (Wildman–Crippen LogP) is 3.58. The molecular weight excluding hydrogens is 285 g/mol. The molecule has 6 heteroatoms. The third-order valence-corrected chi connectivity index (χ3v) is 3.35. The summed E-state index contributed by atoms with van der Waals surface area (Å²) in [5.74, 6) is 1.29. The minimum atomic E-state index is 0.133. The lowest BCUT2D eigenvalue weighted by Crippen LogP contribution is -2.21. The molecule has 0 saturated carbocycles. The molecule has 1 aromatic heterocycles. The predicted molar refractivity (Wildman–Crippen MR) is 75.6 cm³/mol. The first-order valence-electron chi connectivity index (χ1n) is 6.04. The van der Waals surface area contributed by atoms with E-state index in [0.29, 0.717) is 28.2 Å². The van der Waals surface area contributed by atoms with Crippen molar-refractivity contribution < 1.29 is 4.52 Å². The van der Waals surface area contributed by atoms with E-state index < -0.39 is 0 Å². The van der Waals surface area contributed by atoms with Crippen LogP contribution in [0.2, 0.25) is 10.0 Å². The zero-order chi connectivity index (χ0) is 13.8. The van der Waals surface area contributed by atoms with Crippen molar-refractivity contribution in [2.45, 2.75) is 26.3 Å². The van der Waals surface area contributed by atoms with E-state index in [1.54, 1.807) is 13.0 Å². The number of nitrogens with one attached hydrogen (secondary N) is 1. The topological polar surface area (TPSA) is 51.0 Å². The Labute approximate surface area is 122 Å². The maximum absolute atomic E-state index is 6.16. The molecule has 2 rings (SSSR count). The van der Waals surface area contributed by atoms with Crippen molar-refractivity contribution in [3.8, 4) is 0 Å². The fourth-order valence-corrected chi connectivity index (χ4v) is 2.37. The maximum atomic E-state index is 6.16. The summed E-state index contributed by atoms with van der Waals surface area (Å²) in [5.41, 5.74) is 1.02. The first-order chi connectivity index (χ1) is 9.06. The van der Waals surface area contributed by atoms with Gasteiger partial charge in [-0.1, -0.05) is 34.4 Å². The number of benzene rings is 1. The van der Waals surface area contributed by atoms with Crippen molar-refractivity contribution in [1.29, 1.82) is 0 Å². The van der Waals surface area contributed by atoms with Crippen LogP contribution in [0.15, 0.2) is 22.7 Å². The van der Waals surface area contributed by atoms with Crippen LogP contribution in [0.5, 0.6) is 0 Å². The van der Waals surface area contributed by atoms with E-state index in [1.807, 2.05) is 19.1 Å². The van der Waals surface area contributed by atoms with E-state index in [-0.39, 0.29) is 6.04 Å². The molecule has 0 spiro atoms. The van der Waals surface area contributed by atoms with Gasteiger partial charge in [-0.25, -0.2) is 0 Å². The Morgan fingerprint density at radius 2 is 2.16 bits per heavy atom. The van der Waals surface area contributed by atoms with Crippen molar-refractivity contribution >= 4 is 23.2 Å². The monoisotopic (exact) mass is 299 g/mol. The molecule has 1 atom stereocenters. The molecule has 19 heavy (non-hydrogen) atoms. The Kier molecular flexibility index (Phi) is 4.80. The van der Waals surface area contributed by atoms with Gasteiger partial charge >= 0.3 is 0 Å². The van der Waals surface area contributed by atoms with Crippen molar-refractivity contribution in [3.63, 3.8) is 0 Å².